The Morgan fingerprint density at radius 3 is 2.78 bits per heavy atom. The fourth-order valence-corrected chi connectivity index (χ4v) is 1.64. The molecule has 1 rings (SSSR count). The maximum absolute atomic E-state index is 10.8. The summed E-state index contributed by atoms with van der Waals surface area (Å²) in [5.74, 6) is 0.0208. The average molecular weight is 160 g/mol. The van der Waals surface area contributed by atoms with Crippen molar-refractivity contribution in [2.24, 2.45) is 0 Å². The second kappa shape index (κ2) is 2.49. The molecule has 0 bridgehead atoms. The van der Waals surface area contributed by atoms with E-state index in [1.807, 2.05) is 6.92 Å². The summed E-state index contributed by atoms with van der Waals surface area (Å²) in [4.78, 5) is 0. The Hall–Kier alpha value is -0.350. The predicted octanol–water partition coefficient (Wildman–Crippen LogP) is 1.37. The number of nitrogens with zero attached hydrogens (tertiary/aromatic N) is 1. The summed E-state index contributed by atoms with van der Waals surface area (Å²) >= 11 is 6.17. The highest BCUT2D eigenvalue weighted by molar-refractivity contribution is 7.73. The van der Waals surface area contributed by atoms with Gasteiger partial charge >= 0.3 is 0 Å². The number of rotatable bonds is 1. The normalized spacial score (nSPS) is 9.89. The Morgan fingerprint density at radius 1 is 1.89 bits per heavy atom. The van der Waals surface area contributed by atoms with Crippen molar-refractivity contribution in [3.05, 3.63) is 9.33 Å². The molecule has 0 aliphatic heterocycles. The zero-order chi connectivity index (χ0) is 6.85. The van der Waals surface area contributed by atoms with Gasteiger partial charge in [-0.3, -0.25) is 0 Å². The summed E-state index contributed by atoms with van der Waals surface area (Å²) in [6.45, 7) is 2.59. The van der Waals surface area contributed by atoms with Crippen LogP contribution in [0.15, 0.2) is 5.38 Å². The van der Waals surface area contributed by atoms with Crippen LogP contribution in [0.2, 0.25) is 0 Å². The van der Waals surface area contributed by atoms with Crippen LogP contribution in [-0.4, -0.2) is 4.57 Å². The molecule has 2 nitrogen and oxygen atoms in total. The second-order valence-electron chi connectivity index (χ2n) is 1.58. The van der Waals surface area contributed by atoms with Crippen LogP contribution in [0.5, 0.6) is 5.88 Å². The molecule has 0 N–H and O–H groups in total. The van der Waals surface area contributed by atoms with Crippen LogP contribution in [0, 0.1) is 3.95 Å². The molecule has 1 heterocycles. The Kier molecular flexibility index (Phi) is 1.87. The molecule has 1 aromatic heterocycles. The number of aromatic nitrogens is 1. The van der Waals surface area contributed by atoms with E-state index in [2.05, 4.69) is 0 Å². The third-order valence-corrected chi connectivity index (χ3v) is 2.31. The summed E-state index contributed by atoms with van der Waals surface area (Å²) in [6.07, 6.45) is 0. The SMILES string of the molecule is CCn1c([O-])csc1=S. The van der Waals surface area contributed by atoms with Crippen molar-refractivity contribution in [3.63, 3.8) is 0 Å². The number of hydrogen-bond donors (Lipinski definition) is 0. The standard InChI is InChI=1S/C5H7NOS2/c1-2-6-4(7)3-9-5(6)8/h3,7H,2H2,1H3/p-1. The first-order chi connectivity index (χ1) is 4.25. The van der Waals surface area contributed by atoms with Gasteiger partial charge in [-0.2, -0.15) is 0 Å². The van der Waals surface area contributed by atoms with Gasteiger partial charge < -0.3 is 9.67 Å². The van der Waals surface area contributed by atoms with Crippen molar-refractivity contribution in [2.75, 3.05) is 0 Å². The van der Waals surface area contributed by atoms with E-state index in [9.17, 15) is 5.11 Å². The Bertz CT molecular complexity index is 250. The molecule has 0 atom stereocenters. The fraction of sp³-hybridized carbons (Fsp3) is 0.400. The Balaban J connectivity index is 3.23. The highest BCUT2D eigenvalue weighted by atomic mass is 32.1. The summed E-state index contributed by atoms with van der Waals surface area (Å²) < 4.78 is 2.24. The van der Waals surface area contributed by atoms with Crippen molar-refractivity contribution in [1.29, 1.82) is 0 Å². The lowest BCUT2D eigenvalue weighted by atomic mass is 10.7. The van der Waals surface area contributed by atoms with Gasteiger partial charge in [0, 0.05) is 11.9 Å². The number of hydrogen-bond acceptors (Lipinski definition) is 3. The summed E-state index contributed by atoms with van der Waals surface area (Å²) in [6, 6.07) is 0. The second-order valence-corrected chi connectivity index (χ2v) is 3.09. The predicted molar refractivity (Wildman–Crippen MR) is 38.3 cm³/mol. The van der Waals surface area contributed by atoms with Crippen LogP contribution in [0.1, 0.15) is 6.92 Å². The molecule has 1 aromatic rings. The van der Waals surface area contributed by atoms with Gasteiger partial charge in [0.25, 0.3) is 0 Å². The van der Waals surface area contributed by atoms with Crippen LogP contribution >= 0.6 is 23.6 Å². The highest BCUT2D eigenvalue weighted by Crippen LogP contribution is 2.13. The molecule has 0 saturated carbocycles. The molecule has 50 valence electrons. The molecule has 0 aliphatic rings. The smallest absolute Gasteiger partial charge is 0.160 e. The van der Waals surface area contributed by atoms with Crippen molar-refractivity contribution in [3.8, 4) is 5.88 Å². The summed E-state index contributed by atoms with van der Waals surface area (Å²) in [7, 11) is 0. The summed E-state index contributed by atoms with van der Waals surface area (Å²) in [5, 5.41) is 12.3. The topological polar surface area (TPSA) is 28.0 Å². The van der Waals surface area contributed by atoms with Crippen molar-refractivity contribution in [1.82, 2.24) is 4.57 Å². The summed E-state index contributed by atoms with van der Waals surface area (Å²) in [5.41, 5.74) is 0. The molecule has 0 unspecified atom stereocenters. The van der Waals surface area contributed by atoms with Gasteiger partial charge in [0.2, 0.25) is 0 Å². The average Bonchev–Trinajstić information content (AvgIpc) is 2.12. The Labute approximate surface area is 62.4 Å². The minimum Gasteiger partial charge on any atom is -0.859 e. The molecule has 0 saturated heterocycles. The van der Waals surface area contributed by atoms with Crippen LogP contribution in [0.25, 0.3) is 0 Å². The van der Waals surface area contributed by atoms with E-state index >= 15 is 0 Å². The van der Waals surface area contributed by atoms with E-state index < -0.39 is 0 Å². The van der Waals surface area contributed by atoms with Gasteiger partial charge in [-0.1, -0.05) is 0 Å². The van der Waals surface area contributed by atoms with E-state index in [-0.39, 0.29) is 5.88 Å². The molecule has 0 amide bonds. The minimum atomic E-state index is 0.0208. The third-order valence-electron chi connectivity index (χ3n) is 1.06. The van der Waals surface area contributed by atoms with Gasteiger partial charge in [0.1, 0.15) is 0 Å². The zero-order valence-electron chi connectivity index (χ0n) is 4.96. The fourth-order valence-electron chi connectivity index (χ4n) is 0.603. The molecule has 0 aliphatic carbocycles. The van der Waals surface area contributed by atoms with Crippen LogP contribution < -0.4 is 5.11 Å². The van der Waals surface area contributed by atoms with Crippen molar-refractivity contribution >= 4 is 23.6 Å². The van der Waals surface area contributed by atoms with Crippen LogP contribution in [0.4, 0.5) is 0 Å². The van der Waals surface area contributed by atoms with Gasteiger partial charge in [-0.05, 0) is 25.0 Å². The van der Waals surface area contributed by atoms with Gasteiger partial charge in [0.15, 0.2) is 3.95 Å². The molecule has 0 fully saturated rings. The molecular formula is C5H6NOS2-. The van der Waals surface area contributed by atoms with E-state index in [1.54, 1.807) is 4.57 Å². The minimum absolute atomic E-state index is 0.0208. The van der Waals surface area contributed by atoms with Crippen LogP contribution in [0.3, 0.4) is 0 Å². The lowest BCUT2D eigenvalue weighted by Crippen LogP contribution is -2.01. The monoisotopic (exact) mass is 160 g/mol. The maximum Gasteiger partial charge on any atom is 0.160 e. The molecule has 4 heteroatoms. The van der Waals surface area contributed by atoms with Gasteiger partial charge in [0.05, 0.1) is 0 Å². The van der Waals surface area contributed by atoms with Gasteiger partial charge in [-0.25, -0.2) is 0 Å². The first kappa shape index (κ1) is 6.77. The largest absolute Gasteiger partial charge is 0.859 e. The van der Waals surface area contributed by atoms with E-state index in [4.69, 9.17) is 12.2 Å². The van der Waals surface area contributed by atoms with Crippen LogP contribution in [-0.2, 0) is 6.54 Å². The van der Waals surface area contributed by atoms with E-state index in [1.165, 1.54) is 16.7 Å². The van der Waals surface area contributed by atoms with E-state index in [0.29, 0.717) is 10.5 Å². The third kappa shape index (κ3) is 1.14. The lowest BCUT2D eigenvalue weighted by Gasteiger charge is -2.06. The maximum atomic E-state index is 10.8. The lowest BCUT2D eigenvalue weighted by molar-refractivity contribution is -0.278. The van der Waals surface area contributed by atoms with Crippen molar-refractivity contribution in [2.45, 2.75) is 13.5 Å². The Morgan fingerprint density at radius 2 is 2.56 bits per heavy atom. The molecular weight excluding hydrogens is 154 g/mol. The zero-order valence-corrected chi connectivity index (χ0v) is 6.59. The first-order valence-electron chi connectivity index (χ1n) is 2.61. The van der Waals surface area contributed by atoms with Gasteiger partial charge in [-0.15, -0.1) is 11.3 Å². The quantitative estimate of drug-likeness (QED) is 0.580. The number of thiazole rings is 1. The molecule has 0 aromatic carbocycles. The van der Waals surface area contributed by atoms with E-state index in [0.717, 1.165) is 0 Å². The highest BCUT2D eigenvalue weighted by Gasteiger charge is 1.89. The molecule has 9 heavy (non-hydrogen) atoms. The molecule has 0 spiro atoms. The van der Waals surface area contributed by atoms with Crippen molar-refractivity contribution < 1.29 is 5.11 Å². The first-order valence-corrected chi connectivity index (χ1v) is 3.90. The molecule has 0 radical (unpaired) electrons.